The lowest BCUT2D eigenvalue weighted by molar-refractivity contribution is 0.414. The summed E-state index contributed by atoms with van der Waals surface area (Å²) in [6.45, 7) is 4.37. The van der Waals surface area contributed by atoms with Gasteiger partial charge in [0.15, 0.2) is 0 Å². The molecule has 1 aromatic carbocycles. The topological polar surface area (TPSA) is 0 Å². The van der Waals surface area contributed by atoms with Crippen LogP contribution in [-0.2, 0) is 6.42 Å². The number of halogens is 1. The summed E-state index contributed by atoms with van der Waals surface area (Å²) in [5.74, 6) is 0.979. The zero-order valence-corrected chi connectivity index (χ0v) is 8.89. The van der Waals surface area contributed by atoms with Crippen LogP contribution in [0.5, 0.6) is 0 Å². The van der Waals surface area contributed by atoms with E-state index in [-0.39, 0.29) is 5.82 Å². The van der Waals surface area contributed by atoms with Crippen molar-refractivity contribution in [1.29, 1.82) is 0 Å². The maximum absolute atomic E-state index is 13.7. The molecular weight excluding hydrogens is 175 g/mol. The lowest BCUT2D eigenvalue weighted by Crippen LogP contribution is -2.16. The molecule has 1 unspecified atom stereocenters. The van der Waals surface area contributed by atoms with E-state index in [4.69, 9.17) is 0 Å². The summed E-state index contributed by atoms with van der Waals surface area (Å²) < 4.78 is 13.7. The van der Waals surface area contributed by atoms with Crippen LogP contribution in [0.3, 0.4) is 0 Å². The molecule has 1 aromatic rings. The summed E-state index contributed by atoms with van der Waals surface area (Å²) >= 11 is 0. The van der Waals surface area contributed by atoms with Crippen LogP contribution >= 0.6 is 0 Å². The molecule has 0 fully saturated rings. The van der Waals surface area contributed by atoms with Gasteiger partial charge in [0.05, 0.1) is 0 Å². The van der Waals surface area contributed by atoms with E-state index in [9.17, 15) is 4.39 Å². The molecule has 0 saturated heterocycles. The second-order valence-electron chi connectivity index (χ2n) is 4.56. The molecule has 76 valence electrons. The lowest BCUT2D eigenvalue weighted by atomic mass is 9.77. The van der Waals surface area contributed by atoms with E-state index in [0.29, 0.717) is 11.8 Å². The zero-order valence-electron chi connectivity index (χ0n) is 8.89. The molecule has 0 spiro atoms. The van der Waals surface area contributed by atoms with Crippen LogP contribution < -0.4 is 0 Å². The number of rotatable bonds is 1. The third-order valence-corrected chi connectivity index (χ3v) is 3.28. The highest BCUT2D eigenvalue weighted by Gasteiger charge is 2.25. The van der Waals surface area contributed by atoms with Gasteiger partial charge in [-0.25, -0.2) is 4.39 Å². The monoisotopic (exact) mass is 192 g/mol. The first-order chi connectivity index (χ1) is 6.70. The summed E-state index contributed by atoms with van der Waals surface area (Å²) in [6.07, 6.45) is 3.40. The Kier molecular flexibility index (Phi) is 2.58. The highest BCUT2D eigenvalue weighted by molar-refractivity contribution is 5.34. The molecule has 0 bridgehead atoms. The normalized spacial score (nSPS) is 21.0. The Morgan fingerprint density at radius 2 is 2.14 bits per heavy atom. The van der Waals surface area contributed by atoms with E-state index in [1.807, 2.05) is 6.07 Å². The van der Waals surface area contributed by atoms with Gasteiger partial charge in [-0.2, -0.15) is 0 Å². The van der Waals surface area contributed by atoms with E-state index < -0.39 is 0 Å². The van der Waals surface area contributed by atoms with Crippen LogP contribution in [0.4, 0.5) is 4.39 Å². The molecule has 1 aliphatic rings. The Morgan fingerprint density at radius 3 is 2.86 bits per heavy atom. The third-order valence-electron chi connectivity index (χ3n) is 3.28. The second kappa shape index (κ2) is 3.72. The predicted molar refractivity (Wildman–Crippen MR) is 56.9 cm³/mol. The van der Waals surface area contributed by atoms with Crippen molar-refractivity contribution in [2.24, 2.45) is 5.92 Å². The Morgan fingerprint density at radius 1 is 1.36 bits per heavy atom. The van der Waals surface area contributed by atoms with Crippen LogP contribution in [0.2, 0.25) is 0 Å². The number of benzene rings is 1. The van der Waals surface area contributed by atoms with Gasteiger partial charge < -0.3 is 0 Å². The quantitative estimate of drug-likeness (QED) is 0.633. The first kappa shape index (κ1) is 9.70. The van der Waals surface area contributed by atoms with Crippen molar-refractivity contribution < 1.29 is 4.39 Å². The summed E-state index contributed by atoms with van der Waals surface area (Å²) in [7, 11) is 0. The Balaban J connectivity index is 2.47. The minimum Gasteiger partial charge on any atom is -0.207 e. The largest absolute Gasteiger partial charge is 0.207 e. The van der Waals surface area contributed by atoms with Gasteiger partial charge >= 0.3 is 0 Å². The molecule has 1 atom stereocenters. The Bertz CT molecular complexity index is 328. The lowest BCUT2D eigenvalue weighted by Gasteiger charge is -2.28. The fourth-order valence-corrected chi connectivity index (χ4v) is 2.54. The van der Waals surface area contributed by atoms with Crippen LogP contribution in [0.25, 0.3) is 0 Å². The van der Waals surface area contributed by atoms with E-state index >= 15 is 0 Å². The number of fused-ring (bicyclic) bond motifs is 1. The summed E-state index contributed by atoms with van der Waals surface area (Å²) in [4.78, 5) is 0. The van der Waals surface area contributed by atoms with Crippen LogP contribution in [0.1, 0.15) is 43.7 Å². The maximum atomic E-state index is 13.7. The highest BCUT2D eigenvalue weighted by atomic mass is 19.1. The van der Waals surface area contributed by atoms with Crippen LogP contribution in [-0.4, -0.2) is 0 Å². The van der Waals surface area contributed by atoms with Gasteiger partial charge in [-0.05, 0) is 48.3 Å². The van der Waals surface area contributed by atoms with Crippen molar-refractivity contribution in [1.82, 2.24) is 0 Å². The van der Waals surface area contributed by atoms with Crippen molar-refractivity contribution in [3.63, 3.8) is 0 Å². The number of hydrogen-bond acceptors (Lipinski definition) is 0. The summed E-state index contributed by atoms with van der Waals surface area (Å²) in [5.41, 5.74) is 2.23. The fraction of sp³-hybridized carbons (Fsp3) is 0.538. The van der Waals surface area contributed by atoms with Crippen LogP contribution in [0.15, 0.2) is 18.2 Å². The average molecular weight is 192 g/mol. The van der Waals surface area contributed by atoms with E-state index in [1.54, 1.807) is 6.07 Å². The standard InChI is InChI=1S/C13H17F/c1-9(2)11-7-3-5-10-6-4-8-12(14)13(10)11/h4,6,8-9,11H,3,5,7H2,1-2H3. The zero-order chi connectivity index (χ0) is 10.1. The van der Waals surface area contributed by atoms with Gasteiger partial charge in [0, 0.05) is 0 Å². The molecule has 0 saturated carbocycles. The van der Waals surface area contributed by atoms with Crippen molar-refractivity contribution in [2.75, 3.05) is 0 Å². The van der Waals surface area contributed by atoms with Gasteiger partial charge in [-0.3, -0.25) is 0 Å². The highest BCUT2D eigenvalue weighted by Crippen LogP contribution is 2.37. The smallest absolute Gasteiger partial charge is 0.126 e. The molecule has 0 aliphatic heterocycles. The molecule has 0 N–H and O–H groups in total. The van der Waals surface area contributed by atoms with E-state index in [2.05, 4.69) is 19.9 Å². The molecule has 1 aliphatic carbocycles. The first-order valence-corrected chi connectivity index (χ1v) is 5.47. The van der Waals surface area contributed by atoms with Gasteiger partial charge in [0.25, 0.3) is 0 Å². The number of aryl methyl sites for hydroxylation is 1. The van der Waals surface area contributed by atoms with Gasteiger partial charge in [0.1, 0.15) is 5.82 Å². The maximum Gasteiger partial charge on any atom is 0.126 e. The van der Waals surface area contributed by atoms with E-state index in [1.165, 1.54) is 12.0 Å². The van der Waals surface area contributed by atoms with Gasteiger partial charge in [-0.15, -0.1) is 0 Å². The molecule has 0 heterocycles. The number of hydrogen-bond donors (Lipinski definition) is 0. The van der Waals surface area contributed by atoms with Gasteiger partial charge in [-0.1, -0.05) is 26.0 Å². The third kappa shape index (κ3) is 1.56. The molecule has 0 amide bonds. The minimum atomic E-state index is 0.000833. The predicted octanol–water partition coefficient (Wildman–Crippen LogP) is 3.90. The first-order valence-electron chi connectivity index (χ1n) is 5.47. The molecular formula is C13H17F. The minimum absolute atomic E-state index is 0.000833. The Hall–Kier alpha value is -0.850. The Labute approximate surface area is 85.1 Å². The molecule has 1 heteroatoms. The van der Waals surface area contributed by atoms with Gasteiger partial charge in [0.2, 0.25) is 0 Å². The molecule has 0 aromatic heterocycles. The molecule has 0 nitrogen and oxygen atoms in total. The molecule has 14 heavy (non-hydrogen) atoms. The fourth-order valence-electron chi connectivity index (χ4n) is 2.54. The van der Waals surface area contributed by atoms with Crippen molar-refractivity contribution in [3.05, 3.63) is 35.1 Å². The molecule has 0 radical (unpaired) electrons. The van der Waals surface area contributed by atoms with Crippen molar-refractivity contribution in [3.8, 4) is 0 Å². The van der Waals surface area contributed by atoms with E-state index in [0.717, 1.165) is 18.4 Å². The van der Waals surface area contributed by atoms with Crippen molar-refractivity contribution in [2.45, 2.75) is 39.0 Å². The molecule has 2 rings (SSSR count). The summed E-state index contributed by atoms with van der Waals surface area (Å²) in [5, 5.41) is 0. The van der Waals surface area contributed by atoms with Crippen molar-refractivity contribution >= 4 is 0 Å². The second-order valence-corrected chi connectivity index (χ2v) is 4.56. The summed E-state index contributed by atoms with van der Waals surface area (Å²) in [6, 6.07) is 5.50. The SMILES string of the molecule is CC(C)C1CCCc2cccc(F)c21. The van der Waals surface area contributed by atoms with Crippen LogP contribution in [0, 0.1) is 11.7 Å². The average Bonchev–Trinajstić information content (AvgIpc) is 2.17.